The van der Waals surface area contributed by atoms with Gasteiger partial charge in [0.25, 0.3) is 5.91 Å². The molecule has 3 aromatic heterocycles. The van der Waals surface area contributed by atoms with E-state index in [0.717, 1.165) is 12.1 Å². The highest BCUT2D eigenvalue weighted by Crippen LogP contribution is 2.33. The van der Waals surface area contributed by atoms with Gasteiger partial charge >= 0.3 is 6.18 Å². The smallest absolute Gasteiger partial charge is 0.394 e. The van der Waals surface area contributed by atoms with E-state index in [1.165, 1.54) is 16.8 Å². The number of aryl methyl sites for hydroxylation is 1. The van der Waals surface area contributed by atoms with E-state index < -0.39 is 23.7 Å². The van der Waals surface area contributed by atoms with Gasteiger partial charge in [0.15, 0.2) is 5.65 Å². The van der Waals surface area contributed by atoms with Gasteiger partial charge in [-0.15, -0.1) is 5.10 Å². The number of pyridine rings is 1. The van der Waals surface area contributed by atoms with Crippen molar-refractivity contribution < 1.29 is 23.1 Å². The summed E-state index contributed by atoms with van der Waals surface area (Å²) in [6.07, 6.45) is -2.87. The van der Waals surface area contributed by atoms with Crippen molar-refractivity contribution in [1.82, 2.24) is 29.9 Å². The molecule has 2 N–H and O–H groups in total. The summed E-state index contributed by atoms with van der Waals surface area (Å²) in [5.74, 6) is -0.420. The Morgan fingerprint density at radius 3 is 2.54 bits per heavy atom. The lowest BCUT2D eigenvalue weighted by Gasteiger charge is -2.16. The zero-order valence-corrected chi connectivity index (χ0v) is 18.4. The Hall–Kier alpha value is -4.25. The second-order valence-electron chi connectivity index (χ2n) is 7.96. The Morgan fingerprint density at radius 2 is 1.89 bits per heavy atom. The summed E-state index contributed by atoms with van der Waals surface area (Å²) in [7, 11) is 1.68. The second kappa shape index (κ2) is 8.51. The van der Waals surface area contributed by atoms with Crippen LogP contribution in [0.2, 0.25) is 0 Å². The van der Waals surface area contributed by atoms with Gasteiger partial charge < -0.3 is 10.4 Å². The molecule has 0 aliphatic carbocycles. The highest BCUT2D eigenvalue weighted by molar-refractivity contribution is 6.09. The first kappa shape index (κ1) is 22.5. The summed E-state index contributed by atoms with van der Waals surface area (Å²) in [6.45, 7) is -0.330. The van der Waals surface area contributed by atoms with Gasteiger partial charge in [-0.2, -0.15) is 13.2 Å². The zero-order chi connectivity index (χ0) is 24.7. The van der Waals surface area contributed by atoms with Crippen molar-refractivity contribution in [2.24, 2.45) is 7.05 Å². The van der Waals surface area contributed by atoms with Crippen molar-refractivity contribution in [2.75, 3.05) is 6.61 Å². The number of amides is 1. The Bertz CT molecular complexity index is 1520. The standard InChI is InChI=1S/C24H19F3N6O2/c1-32-23-21(30-31-32)17-12-14(22(35)29-19(13-34)18-4-2-3-11-28-18)5-10-20(17)33(23)16-8-6-15(7-9-16)24(25,26)27/h2-12,19,34H,13H2,1H3,(H,29,35)/t19-/m0/s1. The van der Waals surface area contributed by atoms with Crippen LogP contribution in [0.15, 0.2) is 66.9 Å². The molecule has 5 rings (SSSR count). The summed E-state index contributed by atoms with van der Waals surface area (Å²) in [5.41, 5.74) is 2.32. The van der Waals surface area contributed by atoms with Gasteiger partial charge in [-0.1, -0.05) is 11.3 Å². The molecule has 2 aromatic carbocycles. The van der Waals surface area contributed by atoms with Crippen LogP contribution < -0.4 is 5.32 Å². The van der Waals surface area contributed by atoms with E-state index in [1.54, 1.807) is 54.2 Å². The molecule has 0 radical (unpaired) electrons. The number of aromatic nitrogens is 5. The van der Waals surface area contributed by atoms with Gasteiger partial charge in [0.2, 0.25) is 0 Å². The maximum absolute atomic E-state index is 13.0. The third-order valence-electron chi connectivity index (χ3n) is 5.75. The summed E-state index contributed by atoms with van der Waals surface area (Å²) in [5, 5.41) is 21.4. The molecule has 0 bridgehead atoms. The van der Waals surface area contributed by atoms with E-state index in [1.807, 2.05) is 0 Å². The number of alkyl halides is 3. The molecule has 0 aliphatic heterocycles. The molecule has 8 nitrogen and oxygen atoms in total. The highest BCUT2D eigenvalue weighted by atomic mass is 19.4. The van der Waals surface area contributed by atoms with E-state index in [9.17, 15) is 23.1 Å². The van der Waals surface area contributed by atoms with Crippen molar-refractivity contribution in [1.29, 1.82) is 0 Å². The average molecular weight is 480 g/mol. The SMILES string of the molecule is Cn1nnc2c3cc(C(=O)N[C@@H](CO)c4ccccn4)ccc3n(-c3ccc(C(F)(F)F)cc3)c21. The molecular formula is C24H19F3N6O2. The first-order valence-electron chi connectivity index (χ1n) is 10.6. The third-order valence-corrected chi connectivity index (χ3v) is 5.75. The number of carbonyl (C=O) groups is 1. The first-order chi connectivity index (χ1) is 16.8. The fourth-order valence-electron chi connectivity index (χ4n) is 4.05. The maximum Gasteiger partial charge on any atom is 0.416 e. The van der Waals surface area contributed by atoms with Crippen LogP contribution in [-0.4, -0.2) is 42.2 Å². The largest absolute Gasteiger partial charge is 0.416 e. The summed E-state index contributed by atoms with van der Waals surface area (Å²) < 4.78 is 42.4. The Balaban J connectivity index is 1.56. The summed E-state index contributed by atoms with van der Waals surface area (Å²) >= 11 is 0. The molecule has 35 heavy (non-hydrogen) atoms. The fourth-order valence-corrected chi connectivity index (χ4v) is 4.05. The normalized spacial score (nSPS) is 12.8. The van der Waals surface area contributed by atoms with Crippen LogP contribution in [0.25, 0.3) is 27.8 Å². The van der Waals surface area contributed by atoms with Gasteiger partial charge in [-0.25, -0.2) is 4.68 Å². The lowest BCUT2D eigenvalue weighted by molar-refractivity contribution is -0.137. The number of hydrogen-bond donors (Lipinski definition) is 2. The number of carbonyl (C=O) groups excluding carboxylic acids is 1. The van der Waals surface area contributed by atoms with Crippen LogP contribution in [0.1, 0.15) is 27.7 Å². The van der Waals surface area contributed by atoms with Crippen LogP contribution in [-0.2, 0) is 13.2 Å². The number of nitrogens with zero attached hydrogens (tertiary/aromatic N) is 5. The predicted molar refractivity (Wildman–Crippen MR) is 122 cm³/mol. The highest BCUT2D eigenvalue weighted by Gasteiger charge is 2.30. The van der Waals surface area contributed by atoms with Crippen LogP contribution in [0.4, 0.5) is 13.2 Å². The predicted octanol–water partition coefficient (Wildman–Crippen LogP) is 3.79. The van der Waals surface area contributed by atoms with Crippen molar-refractivity contribution in [3.8, 4) is 5.69 Å². The topological polar surface area (TPSA) is 97.9 Å². The minimum Gasteiger partial charge on any atom is -0.394 e. The molecule has 1 atom stereocenters. The van der Waals surface area contributed by atoms with E-state index in [0.29, 0.717) is 39.0 Å². The summed E-state index contributed by atoms with van der Waals surface area (Å²) in [4.78, 5) is 17.2. The summed E-state index contributed by atoms with van der Waals surface area (Å²) in [6, 6.07) is 14.3. The first-order valence-corrected chi connectivity index (χ1v) is 10.6. The molecule has 0 saturated heterocycles. The zero-order valence-electron chi connectivity index (χ0n) is 18.4. The molecule has 3 heterocycles. The van der Waals surface area contributed by atoms with Gasteiger partial charge in [-0.05, 0) is 54.6 Å². The molecule has 0 aliphatic rings. The van der Waals surface area contributed by atoms with Crippen LogP contribution in [0, 0.1) is 0 Å². The van der Waals surface area contributed by atoms with E-state index in [4.69, 9.17) is 0 Å². The number of hydrogen-bond acceptors (Lipinski definition) is 5. The number of halogens is 3. The number of fused-ring (bicyclic) bond motifs is 3. The molecule has 0 unspecified atom stereocenters. The van der Waals surface area contributed by atoms with Gasteiger partial charge in [0, 0.05) is 29.9 Å². The Labute approximate surface area is 196 Å². The number of aliphatic hydroxyl groups excluding tert-OH is 1. The molecule has 5 aromatic rings. The second-order valence-corrected chi connectivity index (χ2v) is 7.96. The van der Waals surface area contributed by atoms with Crippen molar-refractivity contribution >= 4 is 28.0 Å². The molecule has 178 valence electrons. The van der Waals surface area contributed by atoms with Crippen LogP contribution in [0.5, 0.6) is 0 Å². The molecule has 0 fully saturated rings. The molecule has 0 spiro atoms. The van der Waals surface area contributed by atoms with Gasteiger partial charge in [-0.3, -0.25) is 14.3 Å². The lowest BCUT2D eigenvalue weighted by atomic mass is 10.1. The van der Waals surface area contributed by atoms with Crippen molar-refractivity contribution in [2.45, 2.75) is 12.2 Å². The Morgan fingerprint density at radius 1 is 1.11 bits per heavy atom. The van der Waals surface area contributed by atoms with Gasteiger partial charge in [0.05, 0.1) is 29.4 Å². The molecule has 0 saturated carbocycles. The molecule has 1 amide bonds. The maximum atomic E-state index is 13.0. The number of rotatable bonds is 5. The quantitative estimate of drug-likeness (QED) is 0.399. The van der Waals surface area contributed by atoms with Gasteiger partial charge in [0.1, 0.15) is 5.52 Å². The number of aliphatic hydroxyl groups is 1. The number of benzene rings is 2. The average Bonchev–Trinajstić information content (AvgIpc) is 3.39. The van der Waals surface area contributed by atoms with Crippen LogP contribution in [0.3, 0.4) is 0 Å². The third kappa shape index (κ3) is 3.99. The van der Waals surface area contributed by atoms with E-state index >= 15 is 0 Å². The lowest BCUT2D eigenvalue weighted by Crippen LogP contribution is -2.31. The molecular weight excluding hydrogens is 461 g/mol. The van der Waals surface area contributed by atoms with Crippen LogP contribution >= 0.6 is 0 Å². The van der Waals surface area contributed by atoms with Crippen molar-refractivity contribution in [3.63, 3.8) is 0 Å². The number of nitrogens with one attached hydrogen (secondary N) is 1. The fraction of sp³-hybridized carbons (Fsp3) is 0.167. The van der Waals surface area contributed by atoms with E-state index in [-0.39, 0.29) is 6.61 Å². The monoisotopic (exact) mass is 480 g/mol. The van der Waals surface area contributed by atoms with E-state index in [2.05, 4.69) is 20.6 Å². The Kier molecular flexibility index (Phi) is 5.48. The van der Waals surface area contributed by atoms with Crippen molar-refractivity contribution in [3.05, 3.63) is 83.7 Å². The minimum atomic E-state index is -4.44. The minimum absolute atomic E-state index is 0.323. The molecule has 11 heteroatoms.